The largest absolute Gasteiger partial charge is 0.288 e. The van der Waals surface area contributed by atoms with E-state index in [0.29, 0.717) is 0 Å². The Kier molecular flexibility index (Phi) is 5.17. The number of aromatic amines is 1. The number of fused-ring (bicyclic) bond motifs is 3. The van der Waals surface area contributed by atoms with Crippen LogP contribution in [0.25, 0.3) is 21.9 Å². The summed E-state index contributed by atoms with van der Waals surface area (Å²) in [6.07, 6.45) is 7.39. The average molecular weight is 338 g/mol. The number of H-pyrrole nitrogens is 1. The first kappa shape index (κ1) is 18.0. The second-order valence-corrected chi connectivity index (χ2v) is 8.52. The van der Waals surface area contributed by atoms with Crippen LogP contribution in [0.2, 0.25) is 0 Å². The lowest BCUT2D eigenvalue weighted by atomic mass is 9.86. The number of aromatic nitrogens is 2. The van der Waals surface area contributed by atoms with Gasteiger partial charge in [-0.3, -0.25) is 0 Å². The Morgan fingerprint density at radius 1 is 0.960 bits per heavy atom. The predicted octanol–water partition coefficient (Wildman–Crippen LogP) is 6.20. The second-order valence-electron chi connectivity index (χ2n) is 8.52. The Labute approximate surface area is 152 Å². The maximum absolute atomic E-state index is 3.65. The standard InChI is InChI=1S/C23H32N2/c1-6-17(2)13-14-18(3)16-23(4,5)25-15-9-11-20-19-10-7-8-12-21(19)24-22(20)25/h7-12,15,17-18H,6,13-14,16H2,1-5H3/p+1/t17-,18-/m1/s1. The van der Waals surface area contributed by atoms with Crippen LogP contribution in [0.5, 0.6) is 0 Å². The molecule has 0 saturated carbocycles. The van der Waals surface area contributed by atoms with Crippen LogP contribution in [0, 0.1) is 11.8 Å². The fraction of sp³-hybridized carbons (Fsp3) is 0.522. The van der Waals surface area contributed by atoms with Gasteiger partial charge in [0.25, 0.3) is 5.65 Å². The van der Waals surface area contributed by atoms with Crippen LogP contribution in [0.15, 0.2) is 42.6 Å². The van der Waals surface area contributed by atoms with E-state index in [0.717, 1.165) is 11.8 Å². The highest BCUT2D eigenvalue weighted by Crippen LogP contribution is 2.28. The van der Waals surface area contributed by atoms with E-state index in [4.69, 9.17) is 0 Å². The third-order valence-electron chi connectivity index (χ3n) is 5.81. The van der Waals surface area contributed by atoms with Gasteiger partial charge in [0.05, 0.1) is 11.6 Å². The molecule has 0 radical (unpaired) electrons. The van der Waals surface area contributed by atoms with E-state index in [1.54, 1.807) is 0 Å². The molecule has 1 aromatic carbocycles. The van der Waals surface area contributed by atoms with Crippen molar-refractivity contribution in [2.75, 3.05) is 0 Å². The molecule has 0 aliphatic carbocycles. The normalized spacial score (nSPS) is 14.9. The van der Waals surface area contributed by atoms with Crippen molar-refractivity contribution in [3.8, 4) is 0 Å². The molecule has 3 rings (SSSR count). The summed E-state index contributed by atoms with van der Waals surface area (Å²) in [5, 5.41) is 2.63. The van der Waals surface area contributed by atoms with E-state index in [2.05, 4.69) is 86.8 Å². The lowest BCUT2D eigenvalue weighted by Gasteiger charge is -2.27. The van der Waals surface area contributed by atoms with E-state index < -0.39 is 0 Å². The van der Waals surface area contributed by atoms with Gasteiger partial charge < -0.3 is 0 Å². The zero-order valence-electron chi connectivity index (χ0n) is 16.5. The van der Waals surface area contributed by atoms with Gasteiger partial charge in [0, 0.05) is 5.39 Å². The highest BCUT2D eigenvalue weighted by molar-refractivity contribution is 6.04. The maximum atomic E-state index is 3.65. The number of nitrogens with zero attached hydrogens (tertiary/aromatic N) is 1. The summed E-state index contributed by atoms with van der Waals surface area (Å²) in [6.45, 7) is 11.8. The highest BCUT2D eigenvalue weighted by Gasteiger charge is 2.30. The molecule has 0 fully saturated rings. The van der Waals surface area contributed by atoms with E-state index >= 15 is 0 Å². The third kappa shape index (κ3) is 3.73. The van der Waals surface area contributed by atoms with Crippen LogP contribution >= 0.6 is 0 Å². The van der Waals surface area contributed by atoms with Gasteiger partial charge in [0.1, 0.15) is 11.1 Å². The average Bonchev–Trinajstić information content (AvgIpc) is 2.97. The third-order valence-corrected chi connectivity index (χ3v) is 5.81. The molecule has 0 amide bonds. The highest BCUT2D eigenvalue weighted by atomic mass is 15.1. The number of pyridine rings is 1. The Bertz CT molecular complexity index is 844. The lowest BCUT2D eigenvalue weighted by Crippen LogP contribution is -2.53. The van der Waals surface area contributed by atoms with E-state index in [1.807, 2.05) is 0 Å². The Hall–Kier alpha value is -1.83. The Morgan fingerprint density at radius 3 is 2.40 bits per heavy atom. The molecule has 2 aromatic heterocycles. The topological polar surface area (TPSA) is 19.7 Å². The summed E-state index contributed by atoms with van der Waals surface area (Å²) in [5.41, 5.74) is 2.55. The van der Waals surface area contributed by atoms with Crippen molar-refractivity contribution in [1.29, 1.82) is 0 Å². The molecular formula is C23H33N2+. The molecular weight excluding hydrogens is 304 g/mol. The number of rotatable bonds is 7. The molecule has 25 heavy (non-hydrogen) atoms. The minimum absolute atomic E-state index is 0.0925. The predicted molar refractivity (Wildman–Crippen MR) is 108 cm³/mol. The number of para-hydroxylation sites is 1. The van der Waals surface area contributed by atoms with Crippen molar-refractivity contribution in [2.45, 2.75) is 65.8 Å². The molecule has 2 heterocycles. The van der Waals surface area contributed by atoms with Crippen molar-refractivity contribution in [3.63, 3.8) is 0 Å². The summed E-state index contributed by atoms with van der Waals surface area (Å²) in [7, 11) is 0. The van der Waals surface area contributed by atoms with Crippen LogP contribution in [-0.4, -0.2) is 4.98 Å². The molecule has 2 atom stereocenters. The first-order valence-corrected chi connectivity index (χ1v) is 9.84. The van der Waals surface area contributed by atoms with Gasteiger partial charge in [-0.1, -0.05) is 52.2 Å². The minimum Gasteiger partial charge on any atom is -0.240 e. The molecule has 2 nitrogen and oxygen atoms in total. The molecule has 2 heteroatoms. The van der Waals surface area contributed by atoms with Crippen LogP contribution < -0.4 is 4.57 Å². The molecule has 1 N–H and O–H groups in total. The van der Waals surface area contributed by atoms with Gasteiger partial charge in [-0.2, -0.15) is 0 Å². The molecule has 0 bridgehead atoms. The fourth-order valence-corrected chi connectivity index (χ4v) is 4.14. The zero-order valence-corrected chi connectivity index (χ0v) is 16.5. The SMILES string of the molecule is CC[C@@H](C)CC[C@@H](C)CC(C)(C)[n+]1cccc2c3ccccc3[nH]c21. The van der Waals surface area contributed by atoms with Crippen molar-refractivity contribution in [2.24, 2.45) is 11.8 Å². The number of benzene rings is 1. The number of nitrogens with one attached hydrogen (secondary N) is 1. The van der Waals surface area contributed by atoms with Crippen molar-refractivity contribution < 1.29 is 4.57 Å². The van der Waals surface area contributed by atoms with Crippen molar-refractivity contribution in [3.05, 3.63) is 42.6 Å². The first-order chi connectivity index (χ1) is 11.9. The smallest absolute Gasteiger partial charge is 0.240 e. The molecule has 134 valence electrons. The van der Waals surface area contributed by atoms with Gasteiger partial charge in [-0.25, -0.2) is 9.55 Å². The molecule has 0 aliphatic rings. The van der Waals surface area contributed by atoms with Gasteiger partial charge in [0.2, 0.25) is 0 Å². The van der Waals surface area contributed by atoms with Crippen molar-refractivity contribution >= 4 is 21.9 Å². The van der Waals surface area contributed by atoms with E-state index in [1.165, 1.54) is 47.6 Å². The van der Waals surface area contributed by atoms with E-state index in [9.17, 15) is 0 Å². The van der Waals surface area contributed by atoms with Crippen LogP contribution in [0.1, 0.15) is 60.3 Å². The first-order valence-electron chi connectivity index (χ1n) is 9.84. The summed E-state index contributed by atoms with van der Waals surface area (Å²) in [5.74, 6) is 1.58. The summed E-state index contributed by atoms with van der Waals surface area (Å²) in [4.78, 5) is 3.65. The summed E-state index contributed by atoms with van der Waals surface area (Å²) < 4.78 is 2.45. The molecule has 3 aromatic rings. The van der Waals surface area contributed by atoms with Crippen LogP contribution in [0.3, 0.4) is 0 Å². The quantitative estimate of drug-likeness (QED) is 0.495. The maximum Gasteiger partial charge on any atom is 0.288 e. The van der Waals surface area contributed by atoms with E-state index in [-0.39, 0.29) is 5.54 Å². The fourth-order valence-electron chi connectivity index (χ4n) is 4.14. The monoisotopic (exact) mass is 337 g/mol. The lowest BCUT2D eigenvalue weighted by molar-refractivity contribution is -0.738. The molecule has 0 unspecified atom stereocenters. The summed E-state index contributed by atoms with van der Waals surface area (Å²) in [6, 6.07) is 13.0. The number of hydrogen-bond donors (Lipinski definition) is 1. The molecule has 0 aliphatic heterocycles. The molecule has 0 saturated heterocycles. The van der Waals surface area contributed by atoms with Crippen LogP contribution in [-0.2, 0) is 5.54 Å². The minimum atomic E-state index is 0.0925. The Morgan fingerprint density at radius 2 is 1.64 bits per heavy atom. The van der Waals surface area contributed by atoms with Gasteiger partial charge in [-0.15, -0.1) is 0 Å². The van der Waals surface area contributed by atoms with Crippen molar-refractivity contribution in [1.82, 2.24) is 4.98 Å². The van der Waals surface area contributed by atoms with Gasteiger partial charge >= 0.3 is 0 Å². The molecule has 0 spiro atoms. The van der Waals surface area contributed by atoms with Gasteiger partial charge in [0.15, 0.2) is 0 Å². The zero-order chi connectivity index (χ0) is 18.0. The second kappa shape index (κ2) is 7.19. The summed E-state index contributed by atoms with van der Waals surface area (Å²) >= 11 is 0. The Balaban J connectivity index is 1.89. The van der Waals surface area contributed by atoms with Gasteiger partial charge in [-0.05, 0) is 56.4 Å². The number of hydrogen-bond acceptors (Lipinski definition) is 0. The van der Waals surface area contributed by atoms with Crippen LogP contribution in [0.4, 0.5) is 0 Å².